The lowest BCUT2D eigenvalue weighted by Crippen LogP contribution is -2.17. The van der Waals surface area contributed by atoms with Gasteiger partial charge in [0.25, 0.3) is 0 Å². The number of rotatable bonds is 4. The Morgan fingerprint density at radius 1 is 1.27 bits per heavy atom. The molecular formula is C16H14ClN3O2. The van der Waals surface area contributed by atoms with Gasteiger partial charge in [-0.3, -0.25) is 9.59 Å². The summed E-state index contributed by atoms with van der Waals surface area (Å²) in [5.41, 5.74) is 6.51. The fourth-order valence-corrected chi connectivity index (χ4v) is 2.64. The minimum absolute atomic E-state index is 0.0731. The Bertz CT molecular complexity index is 733. The molecule has 0 radical (unpaired) electrons. The minimum atomic E-state index is -0.612. The van der Waals surface area contributed by atoms with Crippen molar-refractivity contribution in [1.29, 1.82) is 0 Å². The van der Waals surface area contributed by atoms with Gasteiger partial charge in [-0.05, 0) is 24.0 Å². The van der Waals surface area contributed by atoms with E-state index < -0.39 is 5.91 Å². The number of nitrogens with two attached hydrogens (primary N) is 1. The van der Waals surface area contributed by atoms with Crippen LogP contribution in [0.25, 0.3) is 0 Å². The number of hydrogen-bond donors (Lipinski definition) is 2. The molecule has 3 N–H and O–H groups in total. The van der Waals surface area contributed by atoms with Crippen LogP contribution in [0.5, 0.6) is 0 Å². The summed E-state index contributed by atoms with van der Waals surface area (Å²) in [6.45, 7) is 0. The predicted molar refractivity (Wildman–Crippen MR) is 83.7 cm³/mol. The van der Waals surface area contributed by atoms with Crippen LogP contribution >= 0.6 is 11.6 Å². The summed E-state index contributed by atoms with van der Waals surface area (Å²) in [5, 5.41) is 2.90. The highest BCUT2D eigenvalue weighted by Crippen LogP contribution is 2.47. The van der Waals surface area contributed by atoms with Crippen LogP contribution in [0.4, 0.5) is 5.82 Å². The second kappa shape index (κ2) is 5.77. The normalized spacial score (nSPS) is 19.5. The van der Waals surface area contributed by atoms with E-state index in [1.54, 1.807) is 0 Å². The van der Waals surface area contributed by atoms with E-state index in [0.29, 0.717) is 0 Å². The third kappa shape index (κ3) is 2.94. The van der Waals surface area contributed by atoms with Gasteiger partial charge in [-0.15, -0.1) is 0 Å². The van der Waals surface area contributed by atoms with Crippen molar-refractivity contribution < 1.29 is 9.59 Å². The maximum absolute atomic E-state index is 12.2. The molecule has 1 aliphatic carbocycles. The number of hydrogen-bond acceptors (Lipinski definition) is 3. The summed E-state index contributed by atoms with van der Waals surface area (Å²) in [5.74, 6) is -0.315. The van der Waals surface area contributed by atoms with Gasteiger partial charge in [0, 0.05) is 12.1 Å². The molecule has 6 heteroatoms. The second-order valence-corrected chi connectivity index (χ2v) is 5.67. The Labute approximate surface area is 132 Å². The van der Waals surface area contributed by atoms with Gasteiger partial charge in [0.1, 0.15) is 0 Å². The fourth-order valence-electron chi connectivity index (χ4n) is 2.43. The molecular weight excluding hydrogens is 302 g/mol. The van der Waals surface area contributed by atoms with E-state index >= 15 is 0 Å². The molecule has 1 aromatic heterocycles. The fraction of sp³-hybridized carbons (Fsp3) is 0.188. The molecule has 2 atom stereocenters. The first kappa shape index (κ1) is 14.5. The molecule has 1 aromatic carbocycles. The van der Waals surface area contributed by atoms with Gasteiger partial charge in [-0.1, -0.05) is 41.9 Å². The highest BCUT2D eigenvalue weighted by molar-refractivity contribution is 6.33. The standard InChI is InChI=1S/C16H14ClN3O2/c17-13-6-10(14(18)21)8-19-15(13)20-16(22)12-7-11(12)9-4-2-1-3-5-9/h1-6,8,11-12H,7H2,(H2,18,21)(H,19,20,22)/t11-,12-/m0/s1. The molecule has 2 amide bonds. The first-order valence-electron chi connectivity index (χ1n) is 6.87. The van der Waals surface area contributed by atoms with Crippen LogP contribution in [0.15, 0.2) is 42.6 Å². The number of nitrogens with one attached hydrogen (secondary N) is 1. The lowest BCUT2D eigenvalue weighted by Gasteiger charge is -2.07. The maximum atomic E-state index is 12.2. The number of primary amides is 1. The van der Waals surface area contributed by atoms with Gasteiger partial charge in [0.2, 0.25) is 11.8 Å². The molecule has 1 saturated carbocycles. The summed E-state index contributed by atoms with van der Waals surface area (Å²) < 4.78 is 0. The van der Waals surface area contributed by atoms with Crippen molar-refractivity contribution in [2.45, 2.75) is 12.3 Å². The number of carbonyl (C=O) groups excluding carboxylic acids is 2. The molecule has 0 saturated heterocycles. The van der Waals surface area contributed by atoms with E-state index in [9.17, 15) is 9.59 Å². The Morgan fingerprint density at radius 2 is 2.00 bits per heavy atom. The summed E-state index contributed by atoms with van der Waals surface area (Å²) >= 11 is 6.01. The van der Waals surface area contributed by atoms with Crippen molar-refractivity contribution in [3.63, 3.8) is 0 Å². The average molecular weight is 316 g/mol. The van der Waals surface area contributed by atoms with Gasteiger partial charge in [-0.25, -0.2) is 4.98 Å². The number of benzene rings is 1. The van der Waals surface area contributed by atoms with Crippen LogP contribution in [0, 0.1) is 5.92 Å². The first-order valence-corrected chi connectivity index (χ1v) is 7.25. The lowest BCUT2D eigenvalue weighted by atomic mass is 10.1. The maximum Gasteiger partial charge on any atom is 0.250 e. The number of carbonyl (C=O) groups is 2. The summed E-state index contributed by atoms with van der Waals surface area (Å²) in [6, 6.07) is 11.3. The molecule has 5 nitrogen and oxygen atoms in total. The third-order valence-electron chi connectivity index (χ3n) is 3.72. The van der Waals surface area contributed by atoms with Crippen LogP contribution in [-0.4, -0.2) is 16.8 Å². The largest absolute Gasteiger partial charge is 0.366 e. The second-order valence-electron chi connectivity index (χ2n) is 5.27. The van der Waals surface area contributed by atoms with E-state index in [1.807, 2.05) is 30.3 Å². The Morgan fingerprint density at radius 3 is 2.64 bits per heavy atom. The molecule has 1 fully saturated rings. The van der Waals surface area contributed by atoms with Crippen LogP contribution < -0.4 is 11.1 Å². The van der Waals surface area contributed by atoms with E-state index in [1.165, 1.54) is 12.3 Å². The molecule has 2 aromatic rings. The molecule has 1 aliphatic rings. The van der Waals surface area contributed by atoms with Gasteiger partial charge in [-0.2, -0.15) is 0 Å². The molecule has 0 spiro atoms. The molecule has 0 bridgehead atoms. The number of halogens is 1. The zero-order chi connectivity index (χ0) is 15.7. The van der Waals surface area contributed by atoms with Crippen molar-refractivity contribution in [2.24, 2.45) is 11.7 Å². The summed E-state index contributed by atoms with van der Waals surface area (Å²) in [6.07, 6.45) is 2.11. The van der Waals surface area contributed by atoms with Crippen molar-refractivity contribution in [2.75, 3.05) is 5.32 Å². The van der Waals surface area contributed by atoms with Crippen molar-refractivity contribution in [1.82, 2.24) is 4.98 Å². The quantitative estimate of drug-likeness (QED) is 0.909. The van der Waals surface area contributed by atoms with Gasteiger partial charge in [0.05, 0.1) is 10.6 Å². The number of anilines is 1. The third-order valence-corrected chi connectivity index (χ3v) is 4.01. The monoisotopic (exact) mass is 315 g/mol. The molecule has 0 aliphatic heterocycles. The van der Waals surface area contributed by atoms with E-state index in [4.69, 9.17) is 17.3 Å². The Balaban J connectivity index is 1.67. The zero-order valence-electron chi connectivity index (χ0n) is 11.6. The molecule has 3 rings (SSSR count). The smallest absolute Gasteiger partial charge is 0.250 e. The Hall–Kier alpha value is -2.40. The Kier molecular flexibility index (Phi) is 3.81. The van der Waals surface area contributed by atoms with E-state index in [2.05, 4.69) is 10.3 Å². The molecule has 112 valence electrons. The predicted octanol–water partition coefficient (Wildman–Crippen LogP) is 2.58. The first-order chi connectivity index (χ1) is 10.6. The van der Waals surface area contributed by atoms with Crippen LogP contribution in [0.1, 0.15) is 28.3 Å². The zero-order valence-corrected chi connectivity index (χ0v) is 12.4. The van der Waals surface area contributed by atoms with Crippen molar-refractivity contribution >= 4 is 29.2 Å². The minimum Gasteiger partial charge on any atom is -0.366 e. The van der Waals surface area contributed by atoms with Crippen LogP contribution in [-0.2, 0) is 4.79 Å². The van der Waals surface area contributed by atoms with Crippen LogP contribution in [0.2, 0.25) is 5.02 Å². The summed E-state index contributed by atoms with van der Waals surface area (Å²) in [7, 11) is 0. The average Bonchev–Trinajstić information content (AvgIpc) is 3.30. The number of pyridine rings is 1. The summed E-state index contributed by atoms with van der Waals surface area (Å²) in [4.78, 5) is 27.3. The van der Waals surface area contributed by atoms with Crippen molar-refractivity contribution in [3.8, 4) is 0 Å². The molecule has 0 unspecified atom stereocenters. The van der Waals surface area contributed by atoms with Gasteiger partial charge in [0.15, 0.2) is 5.82 Å². The highest BCUT2D eigenvalue weighted by Gasteiger charge is 2.44. The molecule has 22 heavy (non-hydrogen) atoms. The van der Waals surface area contributed by atoms with Crippen molar-refractivity contribution in [3.05, 3.63) is 58.7 Å². The topological polar surface area (TPSA) is 85.1 Å². The van der Waals surface area contributed by atoms with Gasteiger partial charge >= 0.3 is 0 Å². The lowest BCUT2D eigenvalue weighted by molar-refractivity contribution is -0.117. The number of aromatic nitrogens is 1. The van der Waals surface area contributed by atoms with Crippen LogP contribution in [0.3, 0.4) is 0 Å². The van der Waals surface area contributed by atoms with E-state index in [0.717, 1.165) is 12.0 Å². The number of amides is 2. The molecule has 1 heterocycles. The number of nitrogens with zero attached hydrogens (tertiary/aromatic N) is 1. The SMILES string of the molecule is NC(=O)c1cnc(NC(=O)[C@H]2C[C@H]2c2ccccc2)c(Cl)c1. The van der Waals surface area contributed by atoms with E-state index in [-0.39, 0.29) is 34.1 Å². The van der Waals surface area contributed by atoms with Gasteiger partial charge < -0.3 is 11.1 Å². The highest BCUT2D eigenvalue weighted by atomic mass is 35.5.